The topological polar surface area (TPSA) is 38.3 Å². The molecule has 0 radical (unpaired) electrons. The molecule has 1 N–H and O–H groups in total. The number of halogens is 1. The number of carbonyl (C=O) groups excluding carboxylic acids is 1. The second-order valence-electron chi connectivity index (χ2n) is 5.35. The molecule has 0 aliphatic heterocycles. The Kier molecular flexibility index (Phi) is 5.92. The van der Waals surface area contributed by atoms with Gasteiger partial charge >= 0.3 is 0 Å². The average Bonchev–Trinajstić information content (AvgIpc) is 2.53. The summed E-state index contributed by atoms with van der Waals surface area (Å²) in [7, 11) is 1.63. The van der Waals surface area contributed by atoms with Crippen LogP contribution in [0.25, 0.3) is 6.08 Å². The Morgan fingerprint density at radius 2 is 2.04 bits per heavy atom. The second-order valence-corrected chi connectivity index (χ2v) is 5.35. The summed E-state index contributed by atoms with van der Waals surface area (Å²) in [6, 6.07) is 13.8. The molecule has 0 spiro atoms. The Morgan fingerprint density at radius 3 is 2.78 bits per heavy atom. The fourth-order valence-corrected chi connectivity index (χ4v) is 2.28. The normalized spacial score (nSPS) is 12.1. The first kappa shape index (κ1) is 16.7. The zero-order valence-corrected chi connectivity index (χ0v) is 13.3. The minimum Gasteiger partial charge on any atom is -0.497 e. The molecule has 2 rings (SSSR count). The van der Waals surface area contributed by atoms with Crippen LogP contribution in [-0.2, 0) is 11.2 Å². The predicted molar refractivity (Wildman–Crippen MR) is 89.7 cm³/mol. The molecule has 0 aromatic heterocycles. The van der Waals surface area contributed by atoms with E-state index in [1.165, 1.54) is 18.2 Å². The van der Waals surface area contributed by atoms with E-state index >= 15 is 0 Å². The summed E-state index contributed by atoms with van der Waals surface area (Å²) in [5.41, 5.74) is 1.74. The molecule has 0 fully saturated rings. The van der Waals surface area contributed by atoms with Gasteiger partial charge in [-0.15, -0.1) is 0 Å². The maximum Gasteiger partial charge on any atom is 0.244 e. The molecular weight excluding hydrogens is 293 g/mol. The Morgan fingerprint density at radius 1 is 1.26 bits per heavy atom. The minimum atomic E-state index is -0.320. The van der Waals surface area contributed by atoms with Crippen LogP contribution < -0.4 is 10.1 Å². The number of amides is 1. The Labute approximate surface area is 135 Å². The van der Waals surface area contributed by atoms with Crippen molar-refractivity contribution in [3.05, 3.63) is 71.6 Å². The molecule has 4 heteroatoms. The van der Waals surface area contributed by atoms with E-state index < -0.39 is 0 Å². The van der Waals surface area contributed by atoms with E-state index in [0.717, 1.165) is 11.3 Å². The number of rotatable bonds is 6. The zero-order chi connectivity index (χ0) is 16.7. The van der Waals surface area contributed by atoms with Crippen LogP contribution in [0.1, 0.15) is 18.1 Å². The highest BCUT2D eigenvalue weighted by Crippen LogP contribution is 2.14. The third kappa shape index (κ3) is 5.58. The quantitative estimate of drug-likeness (QED) is 0.828. The van der Waals surface area contributed by atoms with Crippen LogP contribution in [0.5, 0.6) is 5.75 Å². The molecule has 0 saturated heterocycles. The lowest BCUT2D eigenvalue weighted by Gasteiger charge is -2.13. The highest BCUT2D eigenvalue weighted by atomic mass is 19.1. The van der Waals surface area contributed by atoms with Gasteiger partial charge in [-0.3, -0.25) is 4.79 Å². The average molecular weight is 313 g/mol. The van der Waals surface area contributed by atoms with Gasteiger partial charge in [0.1, 0.15) is 11.6 Å². The first-order valence-electron chi connectivity index (χ1n) is 7.44. The van der Waals surface area contributed by atoms with Crippen molar-refractivity contribution in [3.8, 4) is 5.75 Å². The highest BCUT2D eigenvalue weighted by molar-refractivity contribution is 5.91. The molecule has 3 nitrogen and oxygen atoms in total. The zero-order valence-electron chi connectivity index (χ0n) is 13.3. The van der Waals surface area contributed by atoms with E-state index in [-0.39, 0.29) is 17.8 Å². The lowest BCUT2D eigenvalue weighted by atomic mass is 10.1. The molecule has 1 amide bonds. The molecular formula is C19H20FNO2. The van der Waals surface area contributed by atoms with E-state index in [4.69, 9.17) is 4.74 Å². The van der Waals surface area contributed by atoms with Crippen LogP contribution >= 0.6 is 0 Å². The van der Waals surface area contributed by atoms with Gasteiger partial charge in [0.05, 0.1) is 7.11 Å². The number of hydrogen-bond donors (Lipinski definition) is 1. The predicted octanol–water partition coefficient (Wildman–Crippen LogP) is 3.59. The first-order chi connectivity index (χ1) is 11.1. The molecule has 1 unspecified atom stereocenters. The van der Waals surface area contributed by atoms with E-state index in [2.05, 4.69) is 5.32 Å². The summed E-state index contributed by atoms with van der Waals surface area (Å²) in [6.07, 6.45) is 3.71. The summed E-state index contributed by atoms with van der Waals surface area (Å²) in [6.45, 7) is 1.94. The summed E-state index contributed by atoms with van der Waals surface area (Å²) in [4.78, 5) is 11.9. The highest BCUT2D eigenvalue weighted by Gasteiger charge is 2.06. The number of hydrogen-bond acceptors (Lipinski definition) is 2. The fourth-order valence-electron chi connectivity index (χ4n) is 2.28. The van der Waals surface area contributed by atoms with Gasteiger partial charge in [-0.25, -0.2) is 4.39 Å². The maximum absolute atomic E-state index is 13.1. The lowest BCUT2D eigenvalue weighted by molar-refractivity contribution is -0.117. The third-order valence-corrected chi connectivity index (χ3v) is 3.34. The Balaban J connectivity index is 1.89. The molecule has 23 heavy (non-hydrogen) atoms. The van der Waals surface area contributed by atoms with Crippen molar-refractivity contribution >= 4 is 12.0 Å². The summed E-state index contributed by atoms with van der Waals surface area (Å²) in [5.74, 6) is 0.274. The van der Waals surface area contributed by atoms with Crippen molar-refractivity contribution in [1.29, 1.82) is 0 Å². The van der Waals surface area contributed by atoms with Gasteiger partial charge in [0.2, 0.25) is 5.91 Å². The van der Waals surface area contributed by atoms with Gasteiger partial charge in [0.15, 0.2) is 0 Å². The van der Waals surface area contributed by atoms with Crippen molar-refractivity contribution in [2.75, 3.05) is 7.11 Å². The van der Waals surface area contributed by atoms with E-state index in [1.54, 1.807) is 25.3 Å². The van der Waals surface area contributed by atoms with Crippen LogP contribution in [0.4, 0.5) is 4.39 Å². The number of carbonyl (C=O) groups is 1. The fraction of sp³-hybridized carbons (Fsp3) is 0.211. The molecule has 1 atom stereocenters. The first-order valence-corrected chi connectivity index (χ1v) is 7.44. The number of benzene rings is 2. The van der Waals surface area contributed by atoms with Crippen LogP contribution in [0.3, 0.4) is 0 Å². The van der Waals surface area contributed by atoms with Crippen LogP contribution in [0.2, 0.25) is 0 Å². The van der Waals surface area contributed by atoms with Gasteiger partial charge in [-0.2, -0.15) is 0 Å². The summed E-state index contributed by atoms with van der Waals surface area (Å²) in [5, 5.41) is 2.89. The van der Waals surface area contributed by atoms with Crippen molar-refractivity contribution in [2.45, 2.75) is 19.4 Å². The van der Waals surface area contributed by atoms with Crippen molar-refractivity contribution < 1.29 is 13.9 Å². The molecule has 2 aromatic carbocycles. The molecule has 120 valence electrons. The Bertz CT molecular complexity index is 697. The van der Waals surface area contributed by atoms with E-state index in [9.17, 15) is 9.18 Å². The monoisotopic (exact) mass is 313 g/mol. The molecule has 0 bridgehead atoms. The number of nitrogens with one attached hydrogen (secondary N) is 1. The van der Waals surface area contributed by atoms with Crippen molar-refractivity contribution in [2.24, 2.45) is 0 Å². The van der Waals surface area contributed by atoms with Gasteiger partial charge in [-0.1, -0.05) is 24.3 Å². The second kappa shape index (κ2) is 8.13. The van der Waals surface area contributed by atoms with Gasteiger partial charge in [0, 0.05) is 12.1 Å². The van der Waals surface area contributed by atoms with Crippen LogP contribution in [0.15, 0.2) is 54.6 Å². The third-order valence-electron chi connectivity index (χ3n) is 3.34. The van der Waals surface area contributed by atoms with Crippen LogP contribution in [0, 0.1) is 5.82 Å². The number of ether oxygens (including phenoxy) is 1. The minimum absolute atomic E-state index is 0.0215. The smallest absolute Gasteiger partial charge is 0.244 e. The maximum atomic E-state index is 13.1. The molecule has 0 heterocycles. The Hall–Kier alpha value is -2.62. The molecule has 0 aliphatic rings. The lowest BCUT2D eigenvalue weighted by Crippen LogP contribution is -2.32. The summed E-state index contributed by atoms with van der Waals surface area (Å²) >= 11 is 0. The summed E-state index contributed by atoms with van der Waals surface area (Å²) < 4.78 is 18.2. The largest absolute Gasteiger partial charge is 0.497 e. The van der Waals surface area contributed by atoms with Crippen molar-refractivity contribution in [1.82, 2.24) is 5.32 Å². The van der Waals surface area contributed by atoms with Gasteiger partial charge in [0.25, 0.3) is 0 Å². The van der Waals surface area contributed by atoms with Crippen molar-refractivity contribution in [3.63, 3.8) is 0 Å². The molecule has 0 saturated carbocycles. The molecule has 0 aliphatic carbocycles. The SMILES string of the molecule is COc1cccc(CC(C)NC(=O)/C=C/c2cccc(F)c2)c1. The standard InChI is InChI=1S/C19H20FNO2/c1-14(11-16-6-4-8-18(13-16)23-2)21-19(22)10-9-15-5-3-7-17(20)12-15/h3-10,12-14H,11H2,1-2H3,(H,21,22)/b10-9+. The van der Waals surface area contributed by atoms with Gasteiger partial charge < -0.3 is 10.1 Å². The van der Waals surface area contributed by atoms with Crippen LogP contribution in [-0.4, -0.2) is 19.1 Å². The van der Waals surface area contributed by atoms with Gasteiger partial charge in [-0.05, 0) is 54.8 Å². The van der Waals surface area contributed by atoms with E-state index in [0.29, 0.717) is 12.0 Å². The molecule has 2 aromatic rings. The van der Waals surface area contributed by atoms with E-state index in [1.807, 2.05) is 31.2 Å². The number of methoxy groups -OCH3 is 1.